The summed E-state index contributed by atoms with van der Waals surface area (Å²) in [6.07, 6.45) is 7.20. The molecule has 6 rings (SSSR count). The molecule has 1 heterocycles. The molecule has 0 radical (unpaired) electrons. The molecule has 0 fully saturated rings. The van der Waals surface area contributed by atoms with E-state index in [-0.39, 0.29) is 28.3 Å². The van der Waals surface area contributed by atoms with Crippen LogP contribution >= 0.6 is 0 Å². The third kappa shape index (κ3) is 7.35. The molecule has 0 spiro atoms. The minimum absolute atomic E-state index is 0. The summed E-state index contributed by atoms with van der Waals surface area (Å²) in [5.41, 5.74) is 8.47. The average Bonchev–Trinajstić information content (AvgIpc) is 3.04. The van der Waals surface area contributed by atoms with E-state index in [1.807, 2.05) is 91.0 Å². The SMILES string of the molecule is [Au+3].[C-]#Cc1ccc(C(c2ccccc2)c2ccccc2)cc1.[c-]1ccccc1-c1cccc(-c2[c-]cccc2)n1. The van der Waals surface area contributed by atoms with Crippen LogP contribution in [0.2, 0.25) is 0 Å². The van der Waals surface area contributed by atoms with E-state index in [0.717, 1.165) is 28.1 Å². The third-order valence-corrected chi connectivity index (χ3v) is 6.37. The van der Waals surface area contributed by atoms with Crippen LogP contribution in [0.15, 0.2) is 152 Å². The Bertz CT molecular complexity index is 1530. The van der Waals surface area contributed by atoms with E-state index >= 15 is 0 Å². The second-order valence-corrected chi connectivity index (χ2v) is 8.96. The van der Waals surface area contributed by atoms with Gasteiger partial charge in [0.05, 0.1) is 0 Å². The van der Waals surface area contributed by atoms with Crippen LogP contribution in [0.4, 0.5) is 0 Å². The van der Waals surface area contributed by atoms with Crippen LogP contribution in [0.25, 0.3) is 22.5 Å². The topological polar surface area (TPSA) is 12.9 Å². The second kappa shape index (κ2) is 14.6. The molecule has 0 atom stereocenters. The maximum absolute atomic E-state index is 7.20. The van der Waals surface area contributed by atoms with Crippen molar-refractivity contribution in [1.29, 1.82) is 0 Å². The van der Waals surface area contributed by atoms with Crippen molar-refractivity contribution in [2.45, 2.75) is 5.92 Å². The van der Waals surface area contributed by atoms with Gasteiger partial charge in [0.15, 0.2) is 0 Å². The van der Waals surface area contributed by atoms with Gasteiger partial charge < -0.3 is 11.4 Å². The summed E-state index contributed by atoms with van der Waals surface area (Å²) in [5, 5.41) is 0. The van der Waals surface area contributed by atoms with Crippen molar-refractivity contribution in [3.8, 4) is 28.4 Å². The molecule has 5 aromatic carbocycles. The van der Waals surface area contributed by atoms with Crippen LogP contribution in [0.5, 0.6) is 0 Å². The normalized spacial score (nSPS) is 10.0. The molecule has 1 aromatic heterocycles. The molecule has 40 heavy (non-hydrogen) atoms. The summed E-state index contributed by atoms with van der Waals surface area (Å²) < 4.78 is 0. The summed E-state index contributed by atoms with van der Waals surface area (Å²) in [6.45, 7) is 0. The number of hydrogen-bond donors (Lipinski definition) is 0. The van der Waals surface area contributed by atoms with Gasteiger partial charge >= 0.3 is 22.4 Å². The smallest absolute Gasteiger partial charge is 0.366 e. The Balaban J connectivity index is 0.000000182. The molecule has 0 aliphatic carbocycles. The Morgan fingerprint density at radius 2 is 0.950 bits per heavy atom. The molecule has 6 aromatic rings. The van der Waals surface area contributed by atoms with Gasteiger partial charge in [0.1, 0.15) is 0 Å². The predicted octanol–water partition coefficient (Wildman–Crippen LogP) is 8.82. The van der Waals surface area contributed by atoms with Crippen LogP contribution in [-0.4, -0.2) is 4.98 Å². The minimum atomic E-state index is 0. The number of rotatable bonds is 5. The fraction of sp³-hybridized carbons (Fsp3) is 0.0263. The first kappa shape index (κ1) is 28.6. The molecule has 0 unspecified atom stereocenters. The molecule has 0 saturated carbocycles. The van der Waals surface area contributed by atoms with E-state index in [9.17, 15) is 0 Å². The first-order chi connectivity index (χ1) is 19.3. The number of aromatic nitrogens is 1. The van der Waals surface area contributed by atoms with Gasteiger partial charge in [-0.25, -0.2) is 0 Å². The van der Waals surface area contributed by atoms with Gasteiger partial charge in [-0.15, -0.1) is 89.5 Å². The second-order valence-electron chi connectivity index (χ2n) is 8.96. The molecule has 0 amide bonds. The van der Waals surface area contributed by atoms with Gasteiger partial charge in [0.25, 0.3) is 0 Å². The average molecular weight is 694 g/mol. The Kier molecular flexibility index (Phi) is 10.4. The zero-order valence-corrected chi connectivity index (χ0v) is 23.9. The van der Waals surface area contributed by atoms with Crippen LogP contribution in [0, 0.1) is 24.5 Å². The zero-order chi connectivity index (χ0) is 26.7. The first-order valence-corrected chi connectivity index (χ1v) is 12.9. The van der Waals surface area contributed by atoms with Gasteiger partial charge in [-0.05, 0) is 28.1 Å². The van der Waals surface area contributed by atoms with Crippen LogP contribution in [0.1, 0.15) is 28.2 Å². The van der Waals surface area contributed by atoms with Crippen LogP contribution < -0.4 is 0 Å². The van der Waals surface area contributed by atoms with E-state index < -0.39 is 0 Å². The fourth-order valence-corrected chi connectivity index (χ4v) is 4.47. The predicted molar refractivity (Wildman–Crippen MR) is 159 cm³/mol. The van der Waals surface area contributed by atoms with Crippen molar-refractivity contribution in [3.63, 3.8) is 0 Å². The largest absolute Gasteiger partial charge is 3.00 e. The Morgan fingerprint density at radius 3 is 1.38 bits per heavy atom. The molecule has 0 bridgehead atoms. The van der Waals surface area contributed by atoms with Crippen molar-refractivity contribution in [3.05, 3.63) is 192 Å². The van der Waals surface area contributed by atoms with E-state index in [4.69, 9.17) is 6.42 Å². The molecular weight excluding hydrogens is 667 g/mol. The quantitative estimate of drug-likeness (QED) is 0.0762. The molecule has 0 aliphatic heterocycles. The van der Waals surface area contributed by atoms with Crippen LogP contribution in [-0.2, 0) is 22.4 Å². The van der Waals surface area contributed by atoms with Crippen molar-refractivity contribution in [1.82, 2.24) is 4.98 Å². The maximum Gasteiger partial charge on any atom is 3.00 e. The molecule has 0 aliphatic rings. The third-order valence-electron chi connectivity index (χ3n) is 6.37. The summed E-state index contributed by atoms with van der Waals surface area (Å²) in [6, 6.07) is 57.2. The van der Waals surface area contributed by atoms with E-state index in [0.29, 0.717) is 0 Å². The molecule has 2 heteroatoms. The molecule has 1 nitrogen and oxygen atoms in total. The summed E-state index contributed by atoms with van der Waals surface area (Å²) in [4.78, 5) is 4.65. The number of benzene rings is 5. The Labute approximate surface area is 253 Å². The maximum atomic E-state index is 7.20. The molecule has 0 N–H and O–H groups in total. The van der Waals surface area contributed by atoms with Gasteiger partial charge in [0, 0.05) is 5.92 Å². The Morgan fingerprint density at radius 1 is 0.500 bits per heavy atom. The van der Waals surface area contributed by atoms with Gasteiger partial charge in [-0.1, -0.05) is 91.0 Å². The summed E-state index contributed by atoms with van der Waals surface area (Å²) in [7, 11) is 0. The number of pyridine rings is 1. The minimum Gasteiger partial charge on any atom is -0.366 e. The molecule has 194 valence electrons. The van der Waals surface area contributed by atoms with E-state index in [2.05, 4.69) is 83.7 Å². The van der Waals surface area contributed by atoms with E-state index in [1.165, 1.54) is 16.7 Å². The van der Waals surface area contributed by atoms with Gasteiger partial charge in [-0.2, -0.15) is 0 Å². The van der Waals surface area contributed by atoms with Gasteiger partial charge in [0.2, 0.25) is 0 Å². The summed E-state index contributed by atoms with van der Waals surface area (Å²) in [5.74, 6) is 2.64. The van der Waals surface area contributed by atoms with Crippen molar-refractivity contribution in [2.75, 3.05) is 0 Å². The van der Waals surface area contributed by atoms with Crippen LogP contribution in [0.3, 0.4) is 0 Å². The first-order valence-electron chi connectivity index (χ1n) is 12.9. The monoisotopic (exact) mass is 693 g/mol. The van der Waals surface area contributed by atoms with Crippen molar-refractivity contribution >= 4 is 0 Å². The van der Waals surface area contributed by atoms with Crippen molar-refractivity contribution < 1.29 is 22.4 Å². The van der Waals surface area contributed by atoms with Crippen molar-refractivity contribution in [2.24, 2.45) is 0 Å². The Hall–Kier alpha value is -4.45. The fourth-order valence-electron chi connectivity index (χ4n) is 4.47. The van der Waals surface area contributed by atoms with Gasteiger partial charge in [-0.3, -0.25) is 5.92 Å². The van der Waals surface area contributed by atoms with E-state index in [1.54, 1.807) is 0 Å². The standard InChI is InChI=1S/C21H15.C17H11N.Au/c1-2-17-13-15-20(16-14-17)21(18-9-5-3-6-10-18)19-11-7-4-8-12-19;1-3-8-14(9-4-1)16-12-7-13-17(18-16)15-10-5-2-6-11-15;/h3-16,21H;1-8,10,12-13H;/q-1;-2;+3. The zero-order valence-electron chi connectivity index (χ0n) is 21.8. The molecule has 0 saturated heterocycles. The molecular formula is C38H26AuN. The number of nitrogens with zero attached hydrogens (tertiary/aromatic N) is 1. The summed E-state index contributed by atoms with van der Waals surface area (Å²) >= 11 is 0. The number of hydrogen-bond acceptors (Lipinski definition) is 1.